The third kappa shape index (κ3) is 4.87. The van der Waals surface area contributed by atoms with E-state index in [1.807, 2.05) is 0 Å². The van der Waals surface area contributed by atoms with Crippen molar-refractivity contribution in [2.45, 2.75) is 28.9 Å². The maximum Gasteiger partial charge on any atom is 0.416 e. The van der Waals surface area contributed by atoms with Gasteiger partial charge in [-0.1, -0.05) is 40.8 Å². The number of anilines is 2. The summed E-state index contributed by atoms with van der Waals surface area (Å²) < 4.78 is 46.1. The monoisotopic (exact) mass is 619 g/mol. The molecule has 1 N–H and O–H groups in total. The van der Waals surface area contributed by atoms with Crippen molar-refractivity contribution in [3.8, 4) is 0 Å². The molecule has 14 heteroatoms. The molecule has 4 aromatic rings. The number of furan rings is 1. The van der Waals surface area contributed by atoms with E-state index in [4.69, 9.17) is 16.0 Å². The highest BCUT2D eigenvalue weighted by Gasteiger charge is 2.57. The van der Waals surface area contributed by atoms with Gasteiger partial charge in [0.1, 0.15) is 17.6 Å². The summed E-state index contributed by atoms with van der Waals surface area (Å²) >= 11 is 7.82. The van der Waals surface area contributed by atoms with Gasteiger partial charge in [0.2, 0.25) is 17.7 Å². The van der Waals surface area contributed by atoms with Crippen LogP contribution in [-0.4, -0.2) is 27.5 Å². The van der Waals surface area contributed by atoms with Crippen LogP contribution in [0.5, 0.6) is 0 Å². The molecule has 0 bridgehead atoms. The van der Waals surface area contributed by atoms with Gasteiger partial charge in [-0.3, -0.25) is 23.7 Å². The van der Waals surface area contributed by atoms with Crippen LogP contribution in [0.2, 0.25) is 5.02 Å². The summed E-state index contributed by atoms with van der Waals surface area (Å²) in [7, 11) is 0. The number of imide groups is 1. The van der Waals surface area contributed by atoms with Gasteiger partial charge in [0.25, 0.3) is 0 Å². The predicted octanol–water partition coefficient (Wildman–Crippen LogP) is 5.61. The number of nitrogens with zero attached hydrogens (tertiary/aromatic N) is 2. The Morgan fingerprint density at radius 3 is 2.46 bits per heavy atom. The van der Waals surface area contributed by atoms with Crippen LogP contribution in [0.4, 0.5) is 24.5 Å². The number of benzene rings is 2. The fourth-order valence-electron chi connectivity index (χ4n) is 4.99. The van der Waals surface area contributed by atoms with Crippen molar-refractivity contribution in [2.24, 2.45) is 5.92 Å². The zero-order chi connectivity index (χ0) is 29.1. The minimum atomic E-state index is -4.59. The molecular weight excluding hydrogens is 603 g/mol. The lowest BCUT2D eigenvalue weighted by molar-refractivity contribution is -0.137. The van der Waals surface area contributed by atoms with E-state index in [9.17, 15) is 32.3 Å². The topological polar surface area (TPSA) is 102 Å². The molecule has 0 aliphatic carbocycles. The SMILES string of the molecule is O=C(Cn1c2c(sc1=O)C(c1ccco1)C1C(=O)N(c3ccc(Cl)cc3)C(=O)C1S2)Nc1cccc(C(F)(F)F)c1. The molecule has 1 saturated heterocycles. The Labute approximate surface area is 242 Å². The smallest absolute Gasteiger partial charge is 0.416 e. The van der Waals surface area contributed by atoms with E-state index in [0.717, 1.165) is 46.2 Å². The number of hydrogen-bond donors (Lipinski definition) is 1. The molecule has 4 heterocycles. The van der Waals surface area contributed by atoms with Gasteiger partial charge in [-0.25, -0.2) is 4.90 Å². The van der Waals surface area contributed by atoms with Crippen LogP contribution in [0, 0.1) is 5.92 Å². The number of halogens is 4. The molecule has 2 aliphatic rings. The van der Waals surface area contributed by atoms with E-state index >= 15 is 0 Å². The summed E-state index contributed by atoms with van der Waals surface area (Å²) in [5.41, 5.74) is -0.671. The number of carbonyl (C=O) groups excluding carboxylic acids is 3. The molecule has 1 fully saturated rings. The lowest BCUT2D eigenvalue weighted by atomic mass is 9.87. The number of amides is 3. The normalized spacial score (nSPS) is 20.2. The molecule has 0 saturated carbocycles. The third-order valence-corrected chi connectivity index (χ3v) is 9.61. The maximum atomic E-state index is 13.7. The summed E-state index contributed by atoms with van der Waals surface area (Å²) in [4.78, 5) is 54.4. The van der Waals surface area contributed by atoms with Crippen LogP contribution in [0.1, 0.15) is 22.1 Å². The van der Waals surface area contributed by atoms with Crippen LogP contribution < -0.4 is 15.1 Å². The van der Waals surface area contributed by atoms with Crippen LogP contribution in [0.25, 0.3) is 0 Å². The molecule has 3 amide bonds. The zero-order valence-electron chi connectivity index (χ0n) is 20.6. The van der Waals surface area contributed by atoms with Crippen molar-refractivity contribution in [3.05, 3.63) is 97.8 Å². The summed E-state index contributed by atoms with van der Waals surface area (Å²) in [6.07, 6.45) is -3.17. The van der Waals surface area contributed by atoms with Crippen LogP contribution >= 0.6 is 34.7 Å². The first-order valence-corrected chi connectivity index (χ1v) is 14.1. The Hall–Kier alpha value is -3.81. The van der Waals surface area contributed by atoms with E-state index in [-0.39, 0.29) is 5.69 Å². The number of rotatable bonds is 5. The number of hydrogen-bond acceptors (Lipinski definition) is 7. The van der Waals surface area contributed by atoms with Crippen LogP contribution in [0.3, 0.4) is 0 Å². The van der Waals surface area contributed by atoms with Crippen molar-refractivity contribution >= 4 is 63.8 Å². The molecular formula is C27H17ClF3N3O5S2. The number of alkyl halides is 3. The number of fused-ring (bicyclic) bond motifs is 2. The number of aromatic nitrogens is 1. The van der Waals surface area contributed by atoms with Crippen molar-refractivity contribution < 1.29 is 32.0 Å². The molecule has 2 aromatic heterocycles. The second-order valence-corrected chi connectivity index (χ2v) is 11.9. The zero-order valence-corrected chi connectivity index (χ0v) is 22.9. The average Bonchev–Trinajstić information content (AvgIpc) is 3.62. The number of carbonyl (C=O) groups is 3. The van der Waals surface area contributed by atoms with Gasteiger partial charge in [-0.05, 0) is 54.6 Å². The second-order valence-electron chi connectivity index (χ2n) is 9.30. The van der Waals surface area contributed by atoms with E-state index in [0.29, 0.717) is 26.4 Å². The van der Waals surface area contributed by atoms with Gasteiger partial charge >= 0.3 is 11.0 Å². The molecule has 0 spiro atoms. The summed E-state index contributed by atoms with van der Waals surface area (Å²) in [5, 5.41) is 2.23. The lowest BCUT2D eigenvalue weighted by Crippen LogP contribution is -2.32. The summed E-state index contributed by atoms with van der Waals surface area (Å²) in [6, 6.07) is 13.7. The first-order valence-electron chi connectivity index (χ1n) is 12.1. The lowest BCUT2D eigenvalue weighted by Gasteiger charge is -2.29. The largest absolute Gasteiger partial charge is 0.469 e. The number of thiazole rings is 1. The van der Waals surface area contributed by atoms with Crippen LogP contribution in [0.15, 0.2) is 81.2 Å². The van der Waals surface area contributed by atoms with Gasteiger partial charge in [0.15, 0.2) is 0 Å². The van der Waals surface area contributed by atoms with Crippen LogP contribution in [-0.2, 0) is 27.1 Å². The maximum absolute atomic E-state index is 13.7. The van der Waals surface area contributed by atoms with Gasteiger partial charge in [0.05, 0.1) is 39.3 Å². The van der Waals surface area contributed by atoms with Gasteiger partial charge in [0, 0.05) is 10.7 Å². The molecule has 2 aliphatic heterocycles. The minimum Gasteiger partial charge on any atom is -0.469 e. The van der Waals surface area contributed by atoms with Gasteiger partial charge in [-0.2, -0.15) is 13.2 Å². The molecule has 6 rings (SSSR count). The quantitative estimate of drug-likeness (QED) is 0.292. The standard InChI is InChI=1S/C27H17ClF3N3O5S2/c28-14-6-8-16(9-7-14)34-23(36)20-19(17-5-2-10-39-17)22-25(40-21(20)24(34)37)33(26(38)41-22)12-18(35)32-15-4-1-3-13(11-15)27(29,30)31/h1-11,19-21H,12H2,(H,32,35). The molecule has 0 radical (unpaired) electrons. The first kappa shape index (κ1) is 27.4. The highest BCUT2D eigenvalue weighted by molar-refractivity contribution is 8.00. The summed E-state index contributed by atoms with van der Waals surface area (Å²) in [6.45, 7) is -0.515. The molecule has 210 valence electrons. The Balaban J connectivity index is 1.35. The predicted molar refractivity (Wildman–Crippen MR) is 146 cm³/mol. The molecule has 3 atom stereocenters. The highest BCUT2D eigenvalue weighted by Crippen LogP contribution is 2.54. The molecule has 8 nitrogen and oxygen atoms in total. The van der Waals surface area contributed by atoms with E-state index in [1.165, 1.54) is 16.9 Å². The Bertz CT molecular complexity index is 1730. The fraction of sp³-hybridized carbons (Fsp3) is 0.185. The fourth-order valence-corrected chi connectivity index (χ4v) is 7.87. The van der Waals surface area contributed by atoms with E-state index < -0.39 is 58.0 Å². The average molecular weight is 620 g/mol. The first-order chi connectivity index (χ1) is 19.5. The van der Waals surface area contributed by atoms with Gasteiger partial charge in [-0.15, -0.1) is 0 Å². The minimum absolute atomic E-state index is 0.0849. The highest BCUT2D eigenvalue weighted by atomic mass is 35.5. The van der Waals surface area contributed by atoms with E-state index in [2.05, 4.69) is 5.32 Å². The Kier molecular flexibility index (Phi) is 6.83. The molecule has 3 unspecified atom stereocenters. The Morgan fingerprint density at radius 2 is 1.78 bits per heavy atom. The van der Waals surface area contributed by atoms with Crippen molar-refractivity contribution in [1.29, 1.82) is 0 Å². The number of thioether (sulfide) groups is 1. The van der Waals surface area contributed by atoms with Crippen molar-refractivity contribution in [2.75, 3.05) is 10.2 Å². The summed E-state index contributed by atoms with van der Waals surface area (Å²) in [5.74, 6) is -2.97. The van der Waals surface area contributed by atoms with Crippen molar-refractivity contribution in [3.63, 3.8) is 0 Å². The van der Waals surface area contributed by atoms with E-state index in [1.54, 1.807) is 36.4 Å². The molecule has 41 heavy (non-hydrogen) atoms. The van der Waals surface area contributed by atoms with Crippen molar-refractivity contribution in [1.82, 2.24) is 4.57 Å². The molecule has 2 aromatic carbocycles. The number of nitrogens with one attached hydrogen (secondary N) is 1. The Morgan fingerprint density at radius 1 is 1.02 bits per heavy atom. The third-order valence-electron chi connectivity index (χ3n) is 6.76. The second kappa shape index (κ2) is 10.2. The van der Waals surface area contributed by atoms with Gasteiger partial charge < -0.3 is 9.73 Å².